The largest absolute Gasteiger partial charge is 0.349 e. The fourth-order valence-electron chi connectivity index (χ4n) is 3.25. The molecule has 1 atom stereocenters. The van der Waals surface area contributed by atoms with E-state index in [-0.39, 0.29) is 11.9 Å². The number of amides is 1. The minimum absolute atomic E-state index is 0.0310. The summed E-state index contributed by atoms with van der Waals surface area (Å²) in [5.74, 6) is 0.274. The Morgan fingerprint density at radius 2 is 1.94 bits per heavy atom. The standard InChI is InChI=1S/C23H24N6OS/c1-16(19-8-10-20(11-9-19)29-15-24-14-25-29)26-22(30)13-31-23-27-17(2)21(28-23)12-18-6-4-3-5-7-18/h3-11,14-16H,12-13H2,1-2H3,(H,26,30)(H,27,28)/t16-/m1/s1. The topological polar surface area (TPSA) is 88.5 Å². The Kier molecular flexibility index (Phi) is 6.47. The van der Waals surface area contributed by atoms with Gasteiger partial charge in [-0.15, -0.1) is 0 Å². The molecule has 31 heavy (non-hydrogen) atoms. The zero-order chi connectivity index (χ0) is 21.6. The predicted octanol–water partition coefficient (Wildman–Crippen LogP) is 3.86. The molecule has 0 fully saturated rings. The summed E-state index contributed by atoms with van der Waals surface area (Å²) < 4.78 is 1.70. The van der Waals surface area contributed by atoms with Crippen LogP contribution >= 0.6 is 11.8 Å². The lowest BCUT2D eigenvalue weighted by molar-refractivity contribution is -0.119. The highest BCUT2D eigenvalue weighted by molar-refractivity contribution is 7.99. The van der Waals surface area contributed by atoms with Gasteiger partial charge in [-0.2, -0.15) is 5.10 Å². The highest BCUT2D eigenvalue weighted by Crippen LogP contribution is 2.20. The summed E-state index contributed by atoms with van der Waals surface area (Å²) in [6.07, 6.45) is 3.93. The van der Waals surface area contributed by atoms with Crippen molar-refractivity contribution in [2.75, 3.05) is 5.75 Å². The lowest BCUT2D eigenvalue weighted by Crippen LogP contribution is -2.28. The Bertz CT molecular complexity index is 1120. The van der Waals surface area contributed by atoms with Crippen LogP contribution in [0.4, 0.5) is 0 Å². The van der Waals surface area contributed by atoms with Gasteiger partial charge in [-0.3, -0.25) is 4.79 Å². The minimum atomic E-state index is -0.0927. The predicted molar refractivity (Wildman–Crippen MR) is 121 cm³/mol. The van der Waals surface area contributed by atoms with Gasteiger partial charge in [0.1, 0.15) is 12.7 Å². The molecule has 2 aromatic heterocycles. The van der Waals surface area contributed by atoms with Crippen molar-refractivity contribution in [2.45, 2.75) is 31.5 Å². The molecule has 0 spiro atoms. The highest BCUT2D eigenvalue weighted by atomic mass is 32.2. The van der Waals surface area contributed by atoms with Crippen LogP contribution in [0.2, 0.25) is 0 Å². The molecular weight excluding hydrogens is 408 g/mol. The molecule has 158 valence electrons. The first-order valence-corrected chi connectivity index (χ1v) is 11.0. The number of aryl methyl sites for hydroxylation is 1. The summed E-state index contributed by atoms with van der Waals surface area (Å²) in [5, 5.41) is 7.93. The van der Waals surface area contributed by atoms with Crippen LogP contribution in [0.3, 0.4) is 0 Å². The van der Waals surface area contributed by atoms with E-state index in [4.69, 9.17) is 0 Å². The van der Waals surface area contributed by atoms with E-state index < -0.39 is 0 Å². The first-order valence-electron chi connectivity index (χ1n) is 10.0. The van der Waals surface area contributed by atoms with Gasteiger partial charge in [0, 0.05) is 12.1 Å². The first kappa shape index (κ1) is 20.9. The average Bonchev–Trinajstić information content (AvgIpc) is 3.44. The Hall–Kier alpha value is -3.39. The second kappa shape index (κ2) is 9.61. The molecule has 2 heterocycles. The quantitative estimate of drug-likeness (QED) is 0.413. The van der Waals surface area contributed by atoms with Crippen LogP contribution in [0, 0.1) is 6.92 Å². The number of imidazole rings is 1. The van der Waals surface area contributed by atoms with Crippen LogP contribution in [0.1, 0.15) is 35.5 Å². The van der Waals surface area contributed by atoms with Crippen LogP contribution in [-0.2, 0) is 11.2 Å². The molecule has 8 heteroatoms. The van der Waals surface area contributed by atoms with Crippen molar-refractivity contribution in [3.05, 3.63) is 89.8 Å². The zero-order valence-electron chi connectivity index (χ0n) is 17.4. The van der Waals surface area contributed by atoms with Crippen LogP contribution in [0.5, 0.6) is 0 Å². The van der Waals surface area contributed by atoms with E-state index in [0.717, 1.165) is 34.2 Å². The third kappa shape index (κ3) is 5.40. The summed E-state index contributed by atoms with van der Waals surface area (Å²) in [5.41, 5.74) is 5.22. The highest BCUT2D eigenvalue weighted by Gasteiger charge is 2.13. The van der Waals surface area contributed by atoms with E-state index in [9.17, 15) is 4.79 Å². The maximum atomic E-state index is 12.4. The SMILES string of the molecule is Cc1[nH]c(SCC(=O)N[C@H](C)c2ccc(-n3cncn3)cc2)nc1Cc1ccccc1. The third-order valence-electron chi connectivity index (χ3n) is 4.97. The van der Waals surface area contributed by atoms with Crippen molar-refractivity contribution in [3.8, 4) is 5.69 Å². The van der Waals surface area contributed by atoms with Crippen LogP contribution in [-0.4, -0.2) is 36.4 Å². The summed E-state index contributed by atoms with van der Waals surface area (Å²) in [4.78, 5) is 24.3. The van der Waals surface area contributed by atoms with Crippen LogP contribution in [0.15, 0.2) is 72.4 Å². The van der Waals surface area contributed by atoms with Gasteiger partial charge in [-0.1, -0.05) is 54.2 Å². The Morgan fingerprint density at radius 1 is 1.16 bits per heavy atom. The molecular formula is C23H24N6OS. The lowest BCUT2D eigenvalue weighted by Gasteiger charge is -2.14. The van der Waals surface area contributed by atoms with Crippen LogP contribution in [0.25, 0.3) is 5.69 Å². The number of nitrogens with one attached hydrogen (secondary N) is 2. The molecule has 7 nitrogen and oxygen atoms in total. The minimum Gasteiger partial charge on any atom is -0.349 e. The number of benzene rings is 2. The van der Waals surface area contributed by atoms with Gasteiger partial charge in [0.15, 0.2) is 5.16 Å². The summed E-state index contributed by atoms with van der Waals surface area (Å²) in [6.45, 7) is 3.99. The first-order chi connectivity index (χ1) is 15.1. The van der Waals surface area contributed by atoms with E-state index in [1.807, 2.05) is 56.3 Å². The van der Waals surface area contributed by atoms with E-state index in [2.05, 4.69) is 37.5 Å². The van der Waals surface area contributed by atoms with Crippen molar-refractivity contribution in [3.63, 3.8) is 0 Å². The fourth-order valence-corrected chi connectivity index (χ4v) is 4.01. The third-order valence-corrected chi connectivity index (χ3v) is 5.85. The van der Waals surface area contributed by atoms with Gasteiger partial charge in [-0.05, 0) is 37.1 Å². The molecule has 0 aliphatic carbocycles. The molecule has 1 amide bonds. The molecule has 4 aromatic rings. The number of aromatic nitrogens is 5. The number of H-pyrrole nitrogens is 1. The van der Waals surface area contributed by atoms with Gasteiger partial charge >= 0.3 is 0 Å². The number of hydrogen-bond donors (Lipinski definition) is 2. The average molecular weight is 433 g/mol. The van der Waals surface area contributed by atoms with E-state index in [1.54, 1.807) is 11.0 Å². The smallest absolute Gasteiger partial charge is 0.230 e. The van der Waals surface area contributed by atoms with Gasteiger partial charge < -0.3 is 10.3 Å². The van der Waals surface area contributed by atoms with E-state index >= 15 is 0 Å². The van der Waals surface area contributed by atoms with Crippen molar-refractivity contribution in [1.29, 1.82) is 0 Å². The van der Waals surface area contributed by atoms with Crippen molar-refractivity contribution >= 4 is 17.7 Å². The Labute approximate surface area is 185 Å². The second-order valence-corrected chi connectivity index (χ2v) is 8.25. The maximum absolute atomic E-state index is 12.4. The number of thioether (sulfide) groups is 1. The number of hydrogen-bond acceptors (Lipinski definition) is 5. The molecule has 0 aliphatic rings. The number of nitrogens with zero attached hydrogens (tertiary/aromatic N) is 4. The fraction of sp³-hybridized carbons (Fsp3) is 0.217. The molecule has 2 aromatic carbocycles. The molecule has 0 unspecified atom stereocenters. The lowest BCUT2D eigenvalue weighted by atomic mass is 10.1. The van der Waals surface area contributed by atoms with Crippen molar-refractivity contribution < 1.29 is 4.79 Å². The van der Waals surface area contributed by atoms with Crippen LogP contribution < -0.4 is 5.32 Å². The molecule has 0 aliphatic heterocycles. The second-order valence-electron chi connectivity index (χ2n) is 7.29. The molecule has 2 N–H and O–H groups in total. The van der Waals surface area contributed by atoms with Gasteiger partial charge in [0.2, 0.25) is 5.91 Å². The Balaban J connectivity index is 1.29. The monoisotopic (exact) mass is 432 g/mol. The van der Waals surface area contributed by atoms with Crippen molar-refractivity contribution in [1.82, 2.24) is 30.0 Å². The zero-order valence-corrected chi connectivity index (χ0v) is 18.3. The molecule has 0 saturated carbocycles. The maximum Gasteiger partial charge on any atom is 0.230 e. The molecule has 0 saturated heterocycles. The molecule has 4 rings (SSSR count). The number of aromatic amines is 1. The van der Waals surface area contributed by atoms with Gasteiger partial charge in [-0.25, -0.2) is 14.6 Å². The summed E-state index contributed by atoms with van der Waals surface area (Å²) in [7, 11) is 0. The molecule has 0 bridgehead atoms. The summed E-state index contributed by atoms with van der Waals surface area (Å²) in [6, 6.07) is 18.0. The number of rotatable bonds is 8. The van der Waals surface area contributed by atoms with Gasteiger partial charge in [0.25, 0.3) is 0 Å². The molecule has 0 radical (unpaired) electrons. The van der Waals surface area contributed by atoms with Crippen molar-refractivity contribution in [2.24, 2.45) is 0 Å². The Morgan fingerprint density at radius 3 is 2.65 bits per heavy atom. The summed E-state index contributed by atoms with van der Waals surface area (Å²) >= 11 is 1.41. The van der Waals surface area contributed by atoms with Gasteiger partial charge in [0.05, 0.1) is 23.2 Å². The van der Waals surface area contributed by atoms with E-state index in [0.29, 0.717) is 5.75 Å². The number of carbonyl (C=O) groups is 1. The number of carbonyl (C=O) groups excluding carboxylic acids is 1. The normalized spacial score (nSPS) is 11.9. The van der Waals surface area contributed by atoms with E-state index in [1.165, 1.54) is 23.7 Å².